The fourth-order valence-electron chi connectivity index (χ4n) is 2.38. The summed E-state index contributed by atoms with van der Waals surface area (Å²) >= 11 is 0. The average Bonchev–Trinajstić information content (AvgIpc) is 2.87. The van der Waals surface area contributed by atoms with Crippen molar-refractivity contribution in [3.63, 3.8) is 0 Å². The van der Waals surface area contributed by atoms with Crippen LogP contribution in [-0.2, 0) is 22.4 Å². The van der Waals surface area contributed by atoms with E-state index >= 15 is 0 Å². The molecule has 2 rings (SSSR count). The van der Waals surface area contributed by atoms with E-state index in [1.807, 2.05) is 4.68 Å². The Bertz CT molecular complexity index is 363. The Morgan fingerprint density at radius 3 is 3.05 bits per heavy atom. The molecule has 1 fully saturated rings. The predicted molar refractivity (Wildman–Crippen MR) is 72.0 cm³/mol. The van der Waals surface area contributed by atoms with Crippen molar-refractivity contribution in [3.05, 3.63) is 12.2 Å². The van der Waals surface area contributed by atoms with Crippen LogP contribution in [0.5, 0.6) is 0 Å². The quantitative estimate of drug-likeness (QED) is 0.785. The zero-order chi connectivity index (χ0) is 13.5. The molecule has 1 aliphatic rings. The van der Waals surface area contributed by atoms with Gasteiger partial charge in [-0.3, -0.25) is 4.68 Å². The van der Waals surface area contributed by atoms with Crippen LogP contribution in [0.4, 0.5) is 0 Å². The molecule has 1 saturated heterocycles. The minimum absolute atomic E-state index is 0.0977. The second-order valence-corrected chi connectivity index (χ2v) is 4.75. The smallest absolute Gasteiger partial charge is 0.138 e. The highest BCUT2D eigenvalue weighted by molar-refractivity contribution is 4.93. The molecule has 1 aliphatic heterocycles. The molecule has 6 nitrogen and oxygen atoms in total. The van der Waals surface area contributed by atoms with Crippen LogP contribution in [0.15, 0.2) is 6.33 Å². The van der Waals surface area contributed by atoms with Gasteiger partial charge in [0.2, 0.25) is 0 Å². The molecular formula is C13H24N4O2. The van der Waals surface area contributed by atoms with E-state index < -0.39 is 0 Å². The van der Waals surface area contributed by atoms with Crippen LogP contribution in [0.1, 0.15) is 26.1 Å². The van der Waals surface area contributed by atoms with Crippen LogP contribution in [0.3, 0.4) is 0 Å². The maximum absolute atomic E-state index is 5.80. The summed E-state index contributed by atoms with van der Waals surface area (Å²) in [6.45, 7) is 8.09. The fourth-order valence-corrected chi connectivity index (χ4v) is 2.38. The summed E-state index contributed by atoms with van der Waals surface area (Å²) in [7, 11) is 0. The van der Waals surface area contributed by atoms with Gasteiger partial charge in [-0.1, -0.05) is 13.8 Å². The van der Waals surface area contributed by atoms with Gasteiger partial charge in [0, 0.05) is 19.0 Å². The summed E-state index contributed by atoms with van der Waals surface area (Å²) in [5, 5.41) is 7.74. The van der Waals surface area contributed by atoms with Crippen LogP contribution in [0.25, 0.3) is 0 Å². The lowest BCUT2D eigenvalue weighted by Crippen LogP contribution is -2.48. The molecule has 108 valence electrons. The number of aryl methyl sites for hydroxylation is 1. The van der Waals surface area contributed by atoms with Gasteiger partial charge in [-0.15, -0.1) is 0 Å². The van der Waals surface area contributed by atoms with Gasteiger partial charge in [0.15, 0.2) is 0 Å². The number of aromatic nitrogens is 3. The molecule has 6 heteroatoms. The largest absolute Gasteiger partial charge is 0.376 e. The van der Waals surface area contributed by atoms with E-state index in [1.54, 1.807) is 6.33 Å². The van der Waals surface area contributed by atoms with Crippen molar-refractivity contribution in [1.29, 1.82) is 0 Å². The molecule has 1 N–H and O–H groups in total. The SMILES string of the molecule is CCCn1ncnc1CC(NCC)C1COCCO1. The Kier molecular flexibility index (Phi) is 5.75. The number of likely N-dealkylation sites (N-methyl/N-ethyl adjacent to an activating group) is 1. The maximum Gasteiger partial charge on any atom is 0.138 e. The molecule has 1 aromatic rings. The fraction of sp³-hybridized carbons (Fsp3) is 0.846. The van der Waals surface area contributed by atoms with Crippen LogP contribution in [-0.4, -0.2) is 53.3 Å². The van der Waals surface area contributed by atoms with Gasteiger partial charge in [-0.25, -0.2) is 4.98 Å². The summed E-state index contributed by atoms with van der Waals surface area (Å²) in [6, 6.07) is 0.227. The summed E-state index contributed by atoms with van der Waals surface area (Å²) in [5.74, 6) is 1.02. The van der Waals surface area contributed by atoms with Gasteiger partial charge >= 0.3 is 0 Å². The minimum atomic E-state index is 0.0977. The lowest BCUT2D eigenvalue weighted by atomic mass is 10.1. The Morgan fingerprint density at radius 2 is 2.37 bits per heavy atom. The summed E-state index contributed by atoms with van der Waals surface area (Å²) < 4.78 is 13.3. The zero-order valence-corrected chi connectivity index (χ0v) is 11.8. The molecule has 2 atom stereocenters. The van der Waals surface area contributed by atoms with Crippen molar-refractivity contribution in [2.75, 3.05) is 26.4 Å². The molecule has 2 heterocycles. The Labute approximate surface area is 114 Å². The third-order valence-corrected chi connectivity index (χ3v) is 3.29. The molecule has 0 aliphatic carbocycles. The van der Waals surface area contributed by atoms with Crippen LogP contribution >= 0.6 is 0 Å². The highest BCUT2D eigenvalue weighted by Crippen LogP contribution is 2.11. The number of ether oxygens (including phenoxy) is 2. The zero-order valence-electron chi connectivity index (χ0n) is 11.8. The molecule has 0 amide bonds. The number of hydrogen-bond donors (Lipinski definition) is 1. The highest BCUT2D eigenvalue weighted by atomic mass is 16.6. The van der Waals surface area contributed by atoms with Crippen molar-refractivity contribution in [2.24, 2.45) is 0 Å². The highest BCUT2D eigenvalue weighted by Gasteiger charge is 2.26. The van der Waals surface area contributed by atoms with Crippen molar-refractivity contribution in [3.8, 4) is 0 Å². The van der Waals surface area contributed by atoms with E-state index in [0.717, 1.165) is 31.8 Å². The van der Waals surface area contributed by atoms with Gasteiger partial charge in [0.25, 0.3) is 0 Å². The third-order valence-electron chi connectivity index (χ3n) is 3.29. The standard InChI is InChI=1S/C13H24N4O2/c1-3-5-17-13(15-10-16-17)8-11(14-4-2)12-9-18-6-7-19-12/h10-12,14H,3-9H2,1-2H3. The van der Waals surface area contributed by atoms with Crippen LogP contribution in [0.2, 0.25) is 0 Å². The van der Waals surface area contributed by atoms with E-state index in [1.165, 1.54) is 0 Å². The lowest BCUT2D eigenvalue weighted by Gasteiger charge is -2.30. The van der Waals surface area contributed by atoms with E-state index in [2.05, 4.69) is 29.2 Å². The van der Waals surface area contributed by atoms with E-state index in [9.17, 15) is 0 Å². The number of hydrogen-bond acceptors (Lipinski definition) is 5. The minimum Gasteiger partial charge on any atom is -0.376 e. The molecule has 0 bridgehead atoms. The second-order valence-electron chi connectivity index (χ2n) is 4.75. The van der Waals surface area contributed by atoms with Crippen LogP contribution in [0, 0.1) is 0 Å². The lowest BCUT2D eigenvalue weighted by molar-refractivity contribution is -0.101. The first-order chi connectivity index (χ1) is 9.35. The van der Waals surface area contributed by atoms with Crippen molar-refractivity contribution in [2.45, 2.75) is 45.4 Å². The molecule has 19 heavy (non-hydrogen) atoms. The monoisotopic (exact) mass is 268 g/mol. The first-order valence-electron chi connectivity index (χ1n) is 7.14. The number of nitrogens with one attached hydrogen (secondary N) is 1. The van der Waals surface area contributed by atoms with Crippen molar-refractivity contribution >= 4 is 0 Å². The molecule has 0 spiro atoms. The Morgan fingerprint density at radius 1 is 1.47 bits per heavy atom. The summed E-state index contributed by atoms with van der Waals surface area (Å²) in [4.78, 5) is 4.37. The van der Waals surface area contributed by atoms with Crippen LogP contribution < -0.4 is 5.32 Å². The van der Waals surface area contributed by atoms with Gasteiger partial charge in [-0.2, -0.15) is 5.10 Å². The first-order valence-corrected chi connectivity index (χ1v) is 7.14. The normalized spacial score (nSPS) is 21.5. The topological polar surface area (TPSA) is 61.2 Å². The predicted octanol–water partition coefficient (Wildman–Crippen LogP) is 0.624. The number of nitrogens with zero attached hydrogens (tertiary/aromatic N) is 3. The Hall–Kier alpha value is -0.980. The van der Waals surface area contributed by atoms with Gasteiger partial charge in [-0.05, 0) is 13.0 Å². The maximum atomic E-state index is 5.80. The molecule has 2 unspecified atom stereocenters. The summed E-state index contributed by atoms with van der Waals surface area (Å²) in [6.07, 6.45) is 3.61. The van der Waals surface area contributed by atoms with Gasteiger partial charge in [0.05, 0.1) is 25.9 Å². The molecular weight excluding hydrogens is 244 g/mol. The van der Waals surface area contributed by atoms with Gasteiger partial charge < -0.3 is 14.8 Å². The second kappa shape index (κ2) is 7.57. The van der Waals surface area contributed by atoms with E-state index in [-0.39, 0.29) is 12.1 Å². The van der Waals surface area contributed by atoms with Gasteiger partial charge in [0.1, 0.15) is 12.2 Å². The van der Waals surface area contributed by atoms with Crippen molar-refractivity contribution in [1.82, 2.24) is 20.1 Å². The van der Waals surface area contributed by atoms with E-state index in [0.29, 0.717) is 19.8 Å². The molecule has 0 aromatic carbocycles. The van der Waals surface area contributed by atoms with E-state index in [4.69, 9.17) is 9.47 Å². The average molecular weight is 268 g/mol. The van der Waals surface area contributed by atoms with Crippen molar-refractivity contribution < 1.29 is 9.47 Å². The summed E-state index contributed by atoms with van der Waals surface area (Å²) in [5.41, 5.74) is 0. The molecule has 0 radical (unpaired) electrons. The molecule has 0 saturated carbocycles. The first kappa shape index (κ1) is 14.4. The number of rotatable bonds is 7. The third kappa shape index (κ3) is 3.99. The molecule has 1 aromatic heterocycles. The Balaban J connectivity index is 2.00.